The number of halogens is 2. The van der Waals surface area contributed by atoms with Crippen LogP contribution < -0.4 is 14.9 Å². The summed E-state index contributed by atoms with van der Waals surface area (Å²) in [5.74, 6) is 0.604. The highest BCUT2D eigenvalue weighted by Crippen LogP contribution is 2.34. The van der Waals surface area contributed by atoms with E-state index in [4.69, 9.17) is 32.4 Å². The molecule has 0 saturated carbocycles. The second-order valence-corrected chi connectivity index (χ2v) is 9.89. The van der Waals surface area contributed by atoms with Crippen LogP contribution in [0.3, 0.4) is 0 Å². The SMILES string of the molecule is CCOC(=O)C1=C(C)N=c2s/c(=C/c3ccc(-c4cccc(Cl)c4)o3)c(=O)n2C1c1ccccc1Cl. The van der Waals surface area contributed by atoms with Gasteiger partial charge in [-0.05, 0) is 49.7 Å². The highest BCUT2D eigenvalue weighted by atomic mass is 35.5. The summed E-state index contributed by atoms with van der Waals surface area (Å²) in [6.45, 7) is 3.66. The van der Waals surface area contributed by atoms with Crippen LogP contribution in [-0.4, -0.2) is 17.1 Å². The Balaban J connectivity index is 1.66. The molecule has 6 nitrogen and oxygen atoms in total. The lowest BCUT2D eigenvalue weighted by Crippen LogP contribution is -2.40. The van der Waals surface area contributed by atoms with Crippen LogP contribution in [0.1, 0.15) is 31.2 Å². The van der Waals surface area contributed by atoms with Crippen LogP contribution in [0.4, 0.5) is 0 Å². The van der Waals surface area contributed by atoms with Crippen LogP contribution in [-0.2, 0) is 9.53 Å². The number of ether oxygens (including phenoxy) is 1. The number of hydrogen-bond donors (Lipinski definition) is 0. The van der Waals surface area contributed by atoms with Crippen LogP contribution in [0.25, 0.3) is 17.4 Å². The molecule has 0 saturated heterocycles. The number of nitrogens with zero attached hydrogens (tertiary/aromatic N) is 2. The molecule has 3 heterocycles. The summed E-state index contributed by atoms with van der Waals surface area (Å²) in [5, 5.41) is 1.04. The minimum atomic E-state index is -0.769. The first-order chi connectivity index (χ1) is 17.4. The van der Waals surface area contributed by atoms with Gasteiger partial charge in [-0.25, -0.2) is 9.79 Å². The smallest absolute Gasteiger partial charge is 0.338 e. The molecule has 1 aliphatic heterocycles. The molecule has 5 rings (SSSR count). The Morgan fingerprint density at radius 3 is 2.72 bits per heavy atom. The fourth-order valence-corrected chi connectivity index (χ4v) is 5.60. The number of carbonyl (C=O) groups excluding carboxylic acids is 1. The van der Waals surface area contributed by atoms with E-state index in [1.54, 1.807) is 56.3 Å². The minimum Gasteiger partial charge on any atom is -0.463 e. The van der Waals surface area contributed by atoms with Crippen molar-refractivity contribution in [1.29, 1.82) is 0 Å². The third kappa shape index (κ3) is 4.46. The standard InChI is InChI=1S/C27H20Cl2N2O4S/c1-3-34-26(33)23-15(2)30-27-31(24(23)19-9-4-5-10-20(19)29)25(32)22(36-27)14-18-11-12-21(35-18)16-7-6-8-17(28)13-16/h4-14,24H,3H2,1-2H3/b22-14+. The lowest BCUT2D eigenvalue weighted by atomic mass is 9.96. The van der Waals surface area contributed by atoms with Crippen molar-refractivity contribution < 1.29 is 13.9 Å². The van der Waals surface area contributed by atoms with Crippen molar-refractivity contribution in [3.63, 3.8) is 0 Å². The van der Waals surface area contributed by atoms with Crippen molar-refractivity contribution in [3.05, 3.63) is 113 Å². The van der Waals surface area contributed by atoms with E-state index in [0.717, 1.165) is 5.56 Å². The maximum atomic E-state index is 13.7. The molecule has 0 bridgehead atoms. The number of fused-ring (bicyclic) bond motifs is 1. The van der Waals surface area contributed by atoms with Gasteiger partial charge in [0.15, 0.2) is 4.80 Å². The molecular formula is C27H20Cl2N2O4S. The van der Waals surface area contributed by atoms with Gasteiger partial charge >= 0.3 is 5.97 Å². The molecule has 1 aliphatic rings. The molecule has 9 heteroatoms. The van der Waals surface area contributed by atoms with Crippen LogP contribution in [0.5, 0.6) is 0 Å². The zero-order chi connectivity index (χ0) is 25.4. The third-order valence-electron chi connectivity index (χ3n) is 5.73. The Kier molecular flexibility index (Phi) is 6.71. The number of rotatable bonds is 5. The molecule has 0 spiro atoms. The summed E-state index contributed by atoms with van der Waals surface area (Å²) in [4.78, 5) is 31.7. The number of furan rings is 1. The molecule has 182 valence electrons. The first-order valence-corrected chi connectivity index (χ1v) is 12.7. The fraction of sp³-hybridized carbons (Fsp3) is 0.148. The van der Waals surface area contributed by atoms with Gasteiger partial charge in [-0.2, -0.15) is 0 Å². The van der Waals surface area contributed by atoms with Crippen molar-refractivity contribution >= 4 is 46.6 Å². The predicted molar refractivity (Wildman–Crippen MR) is 141 cm³/mol. The minimum absolute atomic E-state index is 0.197. The normalized spacial score (nSPS) is 15.6. The number of carbonyl (C=O) groups is 1. The largest absolute Gasteiger partial charge is 0.463 e. The van der Waals surface area contributed by atoms with E-state index in [9.17, 15) is 9.59 Å². The first-order valence-electron chi connectivity index (χ1n) is 11.2. The molecule has 0 aliphatic carbocycles. The van der Waals surface area contributed by atoms with E-state index < -0.39 is 12.0 Å². The van der Waals surface area contributed by atoms with Gasteiger partial charge in [0.1, 0.15) is 17.6 Å². The second kappa shape index (κ2) is 9.93. The number of benzene rings is 2. The van der Waals surface area contributed by atoms with Gasteiger partial charge in [-0.1, -0.05) is 64.9 Å². The molecule has 0 amide bonds. The monoisotopic (exact) mass is 538 g/mol. The Bertz CT molecular complexity index is 1700. The maximum Gasteiger partial charge on any atom is 0.338 e. The van der Waals surface area contributed by atoms with Gasteiger partial charge in [-0.3, -0.25) is 9.36 Å². The Labute approximate surface area is 220 Å². The van der Waals surface area contributed by atoms with E-state index in [1.807, 2.05) is 24.3 Å². The Hall–Kier alpha value is -3.39. The zero-order valence-corrected chi connectivity index (χ0v) is 21.7. The molecule has 0 fully saturated rings. The molecule has 2 aromatic carbocycles. The average Bonchev–Trinajstić information content (AvgIpc) is 3.43. The van der Waals surface area contributed by atoms with Crippen molar-refractivity contribution in [2.24, 2.45) is 4.99 Å². The molecule has 2 aromatic heterocycles. The van der Waals surface area contributed by atoms with Gasteiger partial charge in [0.05, 0.1) is 22.4 Å². The summed E-state index contributed by atoms with van der Waals surface area (Å²) < 4.78 is 13.2. The zero-order valence-electron chi connectivity index (χ0n) is 19.3. The average molecular weight is 539 g/mol. The van der Waals surface area contributed by atoms with Gasteiger partial charge in [-0.15, -0.1) is 0 Å². The first kappa shape index (κ1) is 24.3. The highest BCUT2D eigenvalue weighted by molar-refractivity contribution is 7.07. The number of hydrogen-bond acceptors (Lipinski definition) is 6. The summed E-state index contributed by atoms with van der Waals surface area (Å²) >= 11 is 13.8. The molecule has 0 radical (unpaired) electrons. The molecule has 36 heavy (non-hydrogen) atoms. The van der Waals surface area contributed by atoms with Gasteiger partial charge in [0.25, 0.3) is 5.56 Å². The number of esters is 1. The van der Waals surface area contributed by atoms with E-state index in [1.165, 1.54) is 15.9 Å². The maximum absolute atomic E-state index is 13.7. The lowest BCUT2D eigenvalue weighted by Gasteiger charge is -2.25. The number of thiazole rings is 1. The van der Waals surface area contributed by atoms with Gasteiger partial charge < -0.3 is 9.15 Å². The Morgan fingerprint density at radius 2 is 1.97 bits per heavy atom. The summed E-state index contributed by atoms with van der Waals surface area (Å²) in [6, 6.07) is 17.3. The molecular weight excluding hydrogens is 519 g/mol. The fourth-order valence-electron chi connectivity index (χ4n) is 4.14. The predicted octanol–water partition coefficient (Wildman–Crippen LogP) is 5.37. The molecule has 0 N–H and O–H groups in total. The molecule has 4 aromatic rings. The van der Waals surface area contributed by atoms with Crippen LogP contribution in [0.2, 0.25) is 10.0 Å². The van der Waals surface area contributed by atoms with Crippen LogP contribution in [0.15, 0.2) is 86.1 Å². The molecule has 1 unspecified atom stereocenters. The number of aromatic nitrogens is 1. The van der Waals surface area contributed by atoms with Crippen molar-refractivity contribution in [3.8, 4) is 11.3 Å². The summed E-state index contributed by atoms with van der Waals surface area (Å²) in [6.07, 6.45) is 1.67. The van der Waals surface area contributed by atoms with E-state index >= 15 is 0 Å². The van der Waals surface area contributed by atoms with Crippen LogP contribution >= 0.6 is 34.5 Å². The Morgan fingerprint density at radius 1 is 1.17 bits per heavy atom. The summed E-state index contributed by atoms with van der Waals surface area (Å²) in [5.41, 5.74) is 1.90. The van der Waals surface area contributed by atoms with Gasteiger partial charge in [0.2, 0.25) is 0 Å². The summed E-state index contributed by atoms with van der Waals surface area (Å²) in [7, 11) is 0. The van der Waals surface area contributed by atoms with E-state index in [2.05, 4.69) is 4.99 Å². The number of allylic oxidation sites excluding steroid dienone is 1. The van der Waals surface area contributed by atoms with Crippen molar-refractivity contribution in [2.75, 3.05) is 6.61 Å². The van der Waals surface area contributed by atoms with E-state index in [-0.39, 0.29) is 17.7 Å². The topological polar surface area (TPSA) is 73.8 Å². The van der Waals surface area contributed by atoms with Gasteiger partial charge in [0, 0.05) is 21.7 Å². The van der Waals surface area contributed by atoms with Crippen molar-refractivity contribution in [1.82, 2.24) is 4.57 Å². The van der Waals surface area contributed by atoms with Crippen molar-refractivity contribution in [2.45, 2.75) is 19.9 Å². The van der Waals surface area contributed by atoms with Crippen LogP contribution in [0, 0.1) is 0 Å². The quantitative estimate of drug-likeness (QED) is 0.320. The highest BCUT2D eigenvalue weighted by Gasteiger charge is 2.34. The molecule has 1 atom stereocenters. The van der Waals surface area contributed by atoms with E-state index in [0.29, 0.717) is 42.2 Å². The second-order valence-electron chi connectivity index (χ2n) is 8.04. The third-order valence-corrected chi connectivity index (χ3v) is 7.29. The lowest BCUT2D eigenvalue weighted by molar-refractivity contribution is -0.139.